The normalized spacial score (nSPS) is 26.4. The van der Waals surface area contributed by atoms with Crippen LogP contribution in [-0.4, -0.2) is 23.9 Å². The van der Waals surface area contributed by atoms with E-state index in [0.29, 0.717) is 5.88 Å². The second kappa shape index (κ2) is 4.93. The van der Waals surface area contributed by atoms with Crippen molar-refractivity contribution in [1.82, 2.24) is 4.90 Å². The summed E-state index contributed by atoms with van der Waals surface area (Å²) in [5.41, 5.74) is 1.80. The molecule has 18 heavy (non-hydrogen) atoms. The lowest BCUT2D eigenvalue weighted by atomic mass is 10.0. The van der Waals surface area contributed by atoms with E-state index in [4.69, 9.17) is 11.6 Å². The molecule has 0 bridgehead atoms. The molecular formula is C15H18ClNO. The van der Waals surface area contributed by atoms with Gasteiger partial charge in [-0.05, 0) is 42.4 Å². The van der Waals surface area contributed by atoms with E-state index in [-0.39, 0.29) is 5.91 Å². The molecule has 1 aliphatic heterocycles. The number of likely N-dealkylation sites (tertiary alicyclic amines) is 1. The smallest absolute Gasteiger partial charge is 0.253 e. The van der Waals surface area contributed by atoms with Crippen LogP contribution in [0, 0.1) is 11.8 Å². The van der Waals surface area contributed by atoms with Crippen molar-refractivity contribution in [2.75, 3.05) is 13.1 Å². The van der Waals surface area contributed by atoms with Crippen molar-refractivity contribution in [1.29, 1.82) is 0 Å². The number of carbonyl (C=O) groups is 1. The zero-order valence-corrected chi connectivity index (χ0v) is 11.2. The van der Waals surface area contributed by atoms with Crippen LogP contribution in [0.1, 0.15) is 35.2 Å². The lowest BCUT2D eigenvalue weighted by molar-refractivity contribution is 0.0780. The van der Waals surface area contributed by atoms with Crippen LogP contribution < -0.4 is 0 Å². The van der Waals surface area contributed by atoms with Gasteiger partial charge >= 0.3 is 0 Å². The fourth-order valence-electron chi connectivity index (χ4n) is 3.37. The highest BCUT2D eigenvalue weighted by Gasteiger charge is 2.38. The summed E-state index contributed by atoms with van der Waals surface area (Å²) < 4.78 is 0. The Morgan fingerprint density at radius 1 is 1.28 bits per heavy atom. The van der Waals surface area contributed by atoms with Crippen molar-refractivity contribution in [2.24, 2.45) is 11.8 Å². The maximum Gasteiger partial charge on any atom is 0.253 e. The van der Waals surface area contributed by atoms with E-state index in [2.05, 4.69) is 0 Å². The maximum absolute atomic E-state index is 12.4. The van der Waals surface area contributed by atoms with Crippen molar-refractivity contribution in [3.8, 4) is 0 Å². The minimum Gasteiger partial charge on any atom is -0.338 e. The van der Waals surface area contributed by atoms with E-state index < -0.39 is 0 Å². The van der Waals surface area contributed by atoms with Gasteiger partial charge in [-0.1, -0.05) is 18.6 Å². The third kappa shape index (κ3) is 2.14. The van der Waals surface area contributed by atoms with Gasteiger partial charge in [0.05, 0.1) is 0 Å². The summed E-state index contributed by atoms with van der Waals surface area (Å²) in [6, 6.07) is 7.69. The van der Waals surface area contributed by atoms with Crippen molar-refractivity contribution in [2.45, 2.75) is 25.1 Å². The molecule has 0 radical (unpaired) electrons. The SMILES string of the molecule is O=C(c1cccc(CCl)c1)N1CC2CCCC2C1. The third-order valence-electron chi connectivity index (χ3n) is 4.34. The van der Waals surface area contributed by atoms with Gasteiger partial charge in [-0.3, -0.25) is 4.79 Å². The molecule has 1 amide bonds. The Morgan fingerprint density at radius 2 is 2.00 bits per heavy atom. The second-order valence-corrected chi connectivity index (χ2v) is 5.76. The van der Waals surface area contributed by atoms with Gasteiger partial charge in [-0.2, -0.15) is 0 Å². The minimum absolute atomic E-state index is 0.177. The van der Waals surface area contributed by atoms with Crippen LogP contribution in [0.5, 0.6) is 0 Å². The number of alkyl halides is 1. The predicted octanol–water partition coefficient (Wildman–Crippen LogP) is 3.30. The van der Waals surface area contributed by atoms with Gasteiger partial charge < -0.3 is 4.90 Å². The van der Waals surface area contributed by atoms with Crippen LogP contribution in [0.15, 0.2) is 24.3 Å². The van der Waals surface area contributed by atoms with Crippen molar-refractivity contribution < 1.29 is 4.79 Å². The highest BCUT2D eigenvalue weighted by atomic mass is 35.5. The summed E-state index contributed by atoms with van der Waals surface area (Å²) in [7, 11) is 0. The molecule has 1 aliphatic carbocycles. The number of amides is 1. The Bertz CT molecular complexity index is 448. The second-order valence-electron chi connectivity index (χ2n) is 5.50. The molecule has 0 spiro atoms. The van der Waals surface area contributed by atoms with Crippen LogP contribution in [-0.2, 0) is 5.88 Å². The van der Waals surface area contributed by atoms with Crippen LogP contribution in [0.25, 0.3) is 0 Å². The summed E-state index contributed by atoms with van der Waals surface area (Å²) in [6.45, 7) is 1.91. The van der Waals surface area contributed by atoms with E-state index in [0.717, 1.165) is 36.1 Å². The Labute approximate surface area is 113 Å². The molecule has 96 valence electrons. The molecule has 1 saturated heterocycles. The van der Waals surface area contributed by atoms with E-state index in [1.807, 2.05) is 29.2 Å². The van der Waals surface area contributed by atoms with Gasteiger partial charge in [-0.25, -0.2) is 0 Å². The third-order valence-corrected chi connectivity index (χ3v) is 4.65. The summed E-state index contributed by atoms with van der Waals surface area (Å²) in [6.07, 6.45) is 3.95. The van der Waals surface area contributed by atoms with Crippen LogP contribution in [0.2, 0.25) is 0 Å². The van der Waals surface area contributed by atoms with Crippen LogP contribution in [0.3, 0.4) is 0 Å². The van der Waals surface area contributed by atoms with E-state index in [9.17, 15) is 4.79 Å². The topological polar surface area (TPSA) is 20.3 Å². The molecule has 1 aromatic rings. The first-order valence-corrected chi connectivity index (χ1v) is 7.25. The molecule has 3 rings (SSSR count). The highest BCUT2D eigenvalue weighted by Crippen LogP contribution is 2.38. The Balaban J connectivity index is 1.74. The molecule has 2 nitrogen and oxygen atoms in total. The number of rotatable bonds is 2. The van der Waals surface area contributed by atoms with Crippen LogP contribution >= 0.6 is 11.6 Å². The first-order chi connectivity index (χ1) is 8.78. The van der Waals surface area contributed by atoms with Gasteiger partial charge in [0.15, 0.2) is 0 Å². The lowest BCUT2D eigenvalue weighted by Gasteiger charge is -2.17. The number of hydrogen-bond acceptors (Lipinski definition) is 1. The number of carbonyl (C=O) groups excluding carboxylic acids is 1. The van der Waals surface area contributed by atoms with Crippen LogP contribution in [0.4, 0.5) is 0 Å². The standard InChI is InChI=1S/C15H18ClNO/c16-8-11-3-1-4-12(7-11)15(18)17-9-13-5-2-6-14(13)10-17/h1,3-4,7,13-14H,2,5-6,8-10H2. The summed E-state index contributed by atoms with van der Waals surface area (Å²) in [5.74, 6) is 2.15. The summed E-state index contributed by atoms with van der Waals surface area (Å²) in [5, 5.41) is 0. The first kappa shape index (κ1) is 12.0. The largest absolute Gasteiger partial charge is 0.338 e. The van der Waals surface area contributed by atoms with Gasteiger partial charge in [0.2, 0.25) is 0 Å². The molecule has 2 unspecified atom stereocenters. The molecule has 2 fully saturated rings. The van der Waals surface area contributed by atoms with Gasteiger partial charge in [0, 0.05) is 24.5 Å². The maximum atomic E-state index is 12.4. The van der Waals surface area contributed by atoms with E-state index in [1.54, 1.807) is 0 Å². The Morgan fingerprint density at radius 3 is 2.67 bits per heavy atom. The van der Waals surface area contributed by atoms with Gasteiger partial charge in [0.25, 0.3) is 5.91 Å². The minimum atomic E-state index is 0.177. The molecule has 0 N–H and O–H groups in total. The van der Waals surface area contributed by atoms with Gasteiger partial charge in [0.1, 0.15) is 0 Å². The first-order valence-electron chi connectivity index (χ1n) is 6.72. The summed E-state index contributed by atoms with van der Waals surface area (Å²) >= 11 is 5.82. The molecule has 3 heteroatoms. The molecule has 2 aliphatic rings. The number of fused-ring (bicyclic) bond motifs is 1. The van der Waals surface area contributed by atoms with E-state index >= 15 is 0 Å². The fourth-order valence-corrected chi connectivity index (χ4v) is 3.54. The number of hydrogen-bond donors (Lipinski definition) is 0. The lowest BCUT2D eigenvalue weighted by Crippen LogP contribution is -2.29. The number of benzene rings is 1. The zero-order chi connectivity index (χ0) is 12.5. The Hall–Kier alpha value is -1.02. The van der Waals surface area contributed by atoms with Crippen molar-refractivity contribution in [3.05, 3.63) is 35.4 Å². The predicted molar refractivity (Wildman–Crippen MR) is 72.7 cm³/mol. The zero-order valence-electron chi connectivity index (χ0n) is 10.4. The summed E-state index contributed by atoms with van der Waals surface area (Å²) in [4.78, 5) is 14.5. The number of nitrogens with zero attached hydrogens (tertiary/aromatic N) is 1. The quantitative estimate of drug-likeness (QED) is 0.750. The van der Waals surface area contributed by atoms with Crippen molar-refractivity contribution in [3.63, 3.8) is 0 Å². The molecular weight excluding hydrogens is 246 g/mol. The van der Waals surface area contributed by atoms with E-state index in [1.165, 1.54) is 19.3 Å². The molecule has 1 heterocycles. The monoisotopic (exact) mass is 263 g/mol. The van der Waals surface area contributed by atoms with Crippen molar-refractivity contribution >= 4 is 17.5 Å². The molecule has 1 saturated carbocycles. The average Bonchev–Trinajstić information content (AvgIpc) is 2.98. The average molecular weight is 264 g/mol. The molecule has 1 aromatic carbocycles. The molecule has 0 aromatic heterocycles. The fraction of sp³-hybridized carbons (Fsp3) is 0.533. The number of halogens is 1. The highest BCUT2D eigenvalue weighted by molar-refractivity contribution is 6.17. The van der Waals surface area contributed by atoms with Gasteiger partial charge in [-0.15, -0.1) is 11.6 Å². The Kier molecular flexibility index (Phi) is 3.29. The molecule has 2 atom stereocenters.